The molecule has 0 aliphatic carbocycles. The Balaban J connectivity index is 1.01. The fourth-order valence-electron chi connectivity index (χ4n) is 6.76. The highest BCUT2D eigenvalue weighted by atomic mass is 79.9. The summed E-state index contributed by atoms with van der Waals surface area (Å²) < 4.78 is 58.3. The van der Waals surface area contributed by atoms with E-state index in [2.05, 4.69) is 67.7 Å². The number of halogens is 4. The fourth-order valence-corrected chi connectivity index (χ4v) is 13.0. The smallest absolute Gasteiger partial charge is 0.321 e. The molecule has 5 rings (SSSR count). The van der Waals surface area contributed by atoms with Crippen molar-refractivity contribution in [3.63, 3.8) is 0 Å². The van der Waals surface area contributed by atoms with E-state index in [1.165, 1.54) is 12.3 Å². The maximum Gasteiger partial charge on any atom is 0.321 e. The molecule has 0 radical (unpaired) electrons. The first-order valence-corrected chi connectivity index (χ1v) is 24.3. The van der Waals surface area contributed by atoms with Crippen LogP contribution in [0.15, 0.2) is 66.7 Å². The van der Waals surface area contributed by atoms with Crippen molar-refractivity contribution in [3.8, 4) is 0 Å². The van der Waals surface area contributed by atoms with Crippen molar-refractivity contribution >= 4 is 108 Å². The number of carbonyl (C=O) groups is 2. The van der Waals surface area contributed by atoms with Gasteiger partial charge in [-0.15, -0.1) is 11.3 Å². The Morgan fingerprint density at radius 1 is 0.981 bits per heavy atom. The van der Waals surface area contributed by atoms with Gasteiger partial charge in [-0.3, -0.25) is 9.59 Å². The minimum atomic E-state index is -4.14. The van der Waals surface area contributed by atoms with Crippen molar-refractivity contribution < 1.29 is 31.5 Å². The number of rotatable bonds is 17. The molecular weight excluding hydrogens is 974 g/mol. The molecule has 2 fully saturated rings. The van der Waals surface area contributed by atoms with Crippen LogP contribution in [0.5, 0.6) is 0 Å². The zero-order valence-corrected chi connectivity index (χ0v) is 37.3. The Morgan fingerprint density at radius 2 is 1.70 bits per heavy atom. The van der Waals surface area contributed by atoms with Gasteiger partial charge in [0.15, 0.2) is 0 Å². The van der Waals surface area contributed by atoms with Crippen LogP contribution in [0.25, 0.3) is 0 Å². The number of benzene rings is 1. The topological polar surface area (TPSA) is 166 Å². The Hall–Kier alpha value is -1.64. The maximum atomic E-state index is 13.1. The number of unbranched alkanes of at least 4 members (excludes halogenated alkanes) is 1. The van der Waals surface area contributed by atoms with E-state index in [0.717, 1.165) is 60.9 Å². The standard InChI is InChI=1S/C35H43Br3ClN5O7S3/c36-26-9-7-25(8-10-26)34(45)40-16-2-1-6-30(35(46)47)42-53(48,49)27-11-12-31(41-21-27)43-17-15-24(29(38)22-43)5-3-4-23-13-18-44(19-14-23)54(50,51)32-20-28(37)33(39)52-32/h7-12,20-21,23-24,29-30,42H,1-6,13-19,22H2,(H,40,45)(H,46,47). The van der Waals surface area contributed by atoms with E-state index in [-0.39, 0.29) is 26.3 Å². The Morgan fingerprint density at radius 3 is 2.31 bits per heavy atom. The normalized spacial score (nSPS) is 19.4. The summed E-state index contributed by atoms with van der Waals surface area (Å²) in [4.78, 5) is 30.8. The van der Waals surface area contributed by atoms with E-state index >= 15 is 0 Å². The number of carbonyl (C=O) groups excluding carboxylic acids is 1. The first-order chi connectivity index (χ1) is 25.6. The number of aliphatic carboxylic acids is 1. The monoisotopic (exact) mass is 1010 g/mol. The molecule has 0 bridgehead atoms. The predicted molar refractivity (Wildman–Crippen MR) is 222 cm³/mol. The lowest BCUT2D eigenvalue weighted by atomic mass is 9.87. The van der Waals surface area contributed by atoms with Crippen molar-refractivity contribution in [2.75, 3.05) is 37.6 Å². The molecule has 0 spiro atoms. The largest absolute Gasteiger partial charge is 0.480 e. The number of nitrogens with one attached hydrogen (secondary N) is 2. The third-order valence-electron chi connectivity index (χ3n) is 9.92. The van der Waals surface area contributed by atoms with Crippen LogP contribution in [-0.2, 0) is 24.8 Å². The van der Waals surface area contributed by atoms with Gasteiger partial charge in [-0.2, -0.15) is 9.03 Å². The fraction of sp³-hybridized carbons (Fsp3) is 0.514. The van der Waals surface area contributed by atoms with Crippen molar-refractivity contribution in [2.45, 2.75) is 77.8 Å². The number of anilines is 1. The summed E-state index contributed by atoms with van der Waals surface area (Å²) in [6.45, 7) is 2.84. The van der Waals surface area contributed by atoms with Crippen molar-refractivity contribution in [3.05, 3.63) is 67.5 Å². The summed E-state index contributed by atoms with van der Waals surface area (Å²) in [5.74, 6) is 0.0987. The average Bonchev–Trinajstić information content (AvgIpc) is 3.50. The molecule has 1 amide bonds. The second kappa shape index (κ2) is 19.7. The minimum absolute atomic E-state index is 0.0594. The molecule has 3 N–H and O–H groups in total. The zero-order chi connectivity index (χ0) is 39.0. The van der Waals surface area contributed by atoms with E-state index < -0.39 is 32.1 Å². The number of nitrogens with zero attached hydrogens (tertiary/aromatic N) is 3. The lowest BCUT2D eigenvalue weighted by molar-refractivity contribution is -0.139. The lowest BCUT2D eigenvalue weighted by Gasteiger charge is -2.37. The van der Waals surface area contributed by atoms with Crippen LogP contribution < -0.4 is 14.9 Å². The van der Waals surface area contributed by atoms with E-state index in [1.54, 1.807) is 40.7 Å². The number of amides is 1. The van der Waals surface area contributed by atoms with Crippen LogP contribution in [-0.4, -0.2) is 86.7 Å². The summed E-state index contributed by atoms with van der Waals surface area (Å²) in [6.07, 6.45) is 8.00. The van der Waals surface area contributed by atoms with Gasteiger partial charge in [0.2, 0.25) is 10.0 Å². The van der Waals surface area contributed by atoms with E-state index in [1.807, 2.05) is 0 Å². The van der Waals surface area contributed by atoms with Crippen LogP contribution >= 0.6 is 70.7 Å². The van der Waals surface area contributed by atoms with Crippen molar-refractivity contribution in [1.82, 2.24) is 19.3 Å². The molecule has 0 saturated carbocycles. The molecular formula is C35H43Br3ClN5O7S3. The number of alkyl halides is 1. The SMILES string of the molecule is O=C(NCCCCC(NS(=O)(=O)c1ccc(N2CCC(CCCC3CCN(S(=O)(=O)c4cc(Br)c(Cl)s4)CC3)C(Br)C2)nc1)C(=O)O)c1ccc(Br)cc1. The Kier molecular flexibility index (Phi) is 15.8. The Labute approximate surface area is 351 Å². The highest BCUT2D eigenvalue weighted by molar-refractivity contribution is 9.11. The van der Waals surface area contributed by atoms with Crippen LogP contribution in [0.2, 0.25) is 4.34 Å². The number of piperidine rings is 2. The van der Waals surface area contributed by atoms with Crippen LogP contribution in [0.1, 0.15) is 68.1 Å². The number of hydrogen-bond donors (Lipinski definition) is 3. The number of pyridine rings is 1. The second-order valence-electron chi connectivity index (χ2n) is 13.6. The first-order valence-electron chi connectivity index (χ1n) is 17.7. The number of hydrogen-bond acceptors (Lipinski definition) is 9. The molecule has 296 valence electrons. The van der Waals surface area contributed by atoms with Gasteiger partial charge < -0.3 is 15.3 Å². The van der Waals surface area contributed by atoms with Gasteiger partial charge in [-0.05, 0) is 115 Å². The summed E-state index contributed by atoms with van der Waals surface area (Å²) in [5, 5.41) is 12.5. The van der Waals surface area contributed by atoms with Crippen molar-refractivity contribution in [1.29, 1.82) is 0 Å². The average molecular weight is 1020 g/mol. The van der Waals surface area contributed by atoms with Gasteiger partial charge in [-0.1, -0.05) is 56.3 Å². The Bertz CT molecular complexity index is 1940. The highest BCUT2D eigenvalue weighted by Crippen LogP contribution is 2.38. The third-order valence-corrected chi connectivity index (χ3v) is 17.8. The minimum Gasteiger partial charge on any atom is -0.480 e. The molecule has 12 nitrogen and oxygen atoms in total. The van der Waals surface area contributed by atoms with Gasteiger partial charge >= 0.3 is 5.97 Å². The van der Waals surface area contributed by atoms with E-state index in [0.29, 0.717) is 71.0 Å². The second-order valence-corrected chi connectivity index (χ2v) is 22.1. The summed E-state index contributed by atoms with van der Waals surface area (Å²) in [7, 11) is -7.68. The maximum absolute atomic E-state index is 13.1. The predicted octanol–water partition coefficient (Wildman–Crippen LogP) is 7.51. The molecule has 2 aromatic heterocycles. The number of thiophene rings is 1. The molecule has 54 heavy (non-hydrogen) atoms. The zero-order valence-electron chi connectivity index (χ0n) is 29.3. The van der Waals surface area contributed by atoms with Gasteiger partial charge in [0.1, 0.15) is 25.3 Å². The molecule has 19 heteroatoms. The van der Waals surface area contributed by atoms with Crippen LogP contribution in [0.4, 0.5) is 5.82 Å². The summed E-state index contributed by atoms with van der Waals surface area (Å²) in [6, 6.07) is 10.3. The van der Waals surface area contributed by atoms with Crippen LogP contribution in [0.3, 0.4) is 0 Å². The molecule has 2 saturated heterocycles. The van der Waals surface area contributed by atoms with Crippen molar-refractivity contribution in [2.24, 2.45) is 11.8 Å². The third kappa shape index (κ3) is 11.7. The van der Waals surface area contributed by atoms with E-state index in [4.69, 9.17) is 11.6 Å². The lowest BCUT2D eigenvalue weighted by Crippen LogP contribution is -2.42. The quantitative estimate of drug-likeness (QED) is 0.0917. The van der Waals surface area contributed by atoms with E-state index in [9.17, 15) is 31.5 Å². The molecule has 2 aliphatic rings. The van der Waals surface area contributed by atoms with Gasteiger partial charge in [0.05, 0.1) is 0 Å². The number of aromatic nitrogens is 1. The number of carboxylic acid groups (broad SMARTS) is 1. The summed E-state index contributed by atoms with van der Waals surface area (Å²) in [5.41, 5.74) is 0.509. The van der Waals surface area contributed by atoms with Gasteiger partial charge in [0.25, 0.3) is 15.9 Å². The van der Waals surface area contributed by atoms with Gasteiger partial charge in [0, 0.05) is 58.3 Å². The molecule has 1 aromatic carbocycles. The molecule has 3 aromatic rings. The first kappa shape index (κ1) is 43.5. The molecule has 4 heterocycles. The number of sulfonamides is 2. The highest BCUT2D eigenvalue weighted by Gasteiger charge is 2.33. The molecule has 2 aliphatic heterocycles. The molecule has 3 unspecified atom stereocenters. The summed E-state index contributed by atoms with van der Waals surface area (Å²) >= 11 is 17.7. The van der Waals surface area contributed by atoms with Crippen LogP contribution in [0, 0.1) is 11.8 Å². The number of carboxylic acids is 1. The van der Waals surface area contributed by atoms with Gasteiger partial charge in [-0.25, -0.2) is 21.8 Å². The molecule has 3 atom stereocenters.